The van der Waals surface area contributed by atoms with Crippen molar-refractivity contribution in [2.75, 3.05) is 19.5 Å². The van der Waals surface area contributed by atoms with E-state index in [9.17, 15) is 4.79 Å². The molecule has 0 bridgehead atoms. The van der Waals surface area contributed by atoms with Gasteiger partial charge in [-0.05, 0) is 35.9 Å². The van der Waals surface area contributed by atoms with Crippen LogP contribution in [0.2, 0.25) is 5.02 Å². The zero-order valence-electron chi connectivity index (χ0n) is 11.9. The van der Waals surface area contributed by atoms with E-state index in [2.05, 4.69) is 5.32 Å². The molecule has 0 saturated carbocycles. The van der Waals surface area contributed by atoms with Gasteiger partial charge in [0, 0.05) is 10.7 Å². The maximum Gasteiger partial charge on any atom is 0.228 e. The van der Waals surface area contributed by atoms with Crippen LogP contribution < -0.4 is 14.8 Å². The van der Waals surface area contributed by atoms with Crippen LogP contribution in [0.1, 0.15) is 5.56 Å². The summed E-state index contributed by atoms with van der Waals surface area (Å²) < 4.78 is 10.4. The highest BCUT2D eigenvalue weighted by molar-refractivity contribution is 6.30. The van der Waals surface area contributed by atoms with Gasteiger partial charge >= 0.3 is 0 Å². The lowest BCUT2D eigenvalue weighted by atomic mass is 10.1. The first-order valence-corrected chi connectivity index (χ1v) is 6.76. The number of carbonyl (C=O) groups excluding carboxylic acids is 1. The zero-order valence-corrected chi connectivity index (χ0v) is 12.6. The van der Waals surface area contributed by atoms with Crippen LogP contribution in [0, 0.1) is 0 Å². The highest BCUT2D eigenvalue weighted by Crippen LogP contribution is 2.27. The molecule has 5 heteroatoms. The molecule has 0 atom stereocenters. The first-order valence-electron chi connectivity index (χ1n) is 6.38. The third kappa shape index (κ3) is 4.13. The molecule has 21 heavy (non-hydrogen) atoms. The molecule has 1 N–H and O–H groups in total. The van der Waals surface area contributed by atoms with Gasteiger partial charge in [-0.1, -0.05) is 23.7 Å². The molecular formula is C16H16ClNO3. The van der Waals surface area contributed by atoms with E-state index in [1.54, 1.807) is 50.6 Å². The van der Waals surface area contributed by atoms with Gasteiger partial charge in [0.15, 0.2) is 11.5 Å². The summed E-state index contributed by atoms with van der Waals surface area (Å²) in [5.74, 6) is 1.12. The number of ether oxygens (including phenoxy) is 2. The zero-order chi connectivity index (χ0) is 15.2. The van der Waals surface area contributed by atoms with Gasteiger partial charge in [0.05, 0.1) is 20.6 Å². The summed E-state index contributed by atoms with van der Waals surface area (Å²) >= 11 is 5.88. The minimum absolute atomic E-state index is 0.121. The quantitative estimate of drug-likeness (QED) is 0.919. The van der Waals surface area contributed by atoms with Crippen LogP contribution in [0.25, 0.3) is 0 Å². The minimum atomic E-state index is -0.121. The second-order valence-electron chi connectivity index (χ2n) is 4.42. The summed E-state index contributed by atoms with van der Waals surface area (Å²) in [5, 5.41) is 3.38. The van der Waals surface area contributed by atoms with Crippen LogP contribution in [0.3, 0.4) is 0 Å². The Balaban J connectivity index is 2.06. The van der Waals surface area contributed by atoms with E-state index in [4.69, 9.17) is 21.1 Å². The van der Waals surface area contributed by atoms with Crippen molar-refractivity contribution >= 4 is 23.2 Å². The summed E-state index contributed by atoms with van der Waals surface area (Å²) in [4.78, 5) is 12.0. The maximum atomic E-state index is 12.0. The molecule has 0 unspecified atom stereocenters. The Labute approximate surface area is 128 Å². The highest BCUT2D eigenvalue weighted by atomic mass is 35.5. The van der Waals surface area contributed by atoms with Gasteiger partial charge in [-0.15, -0.1) is 0 Å². The van der Waals surface area contributed by atoms with Crippen molar-refractivity contribution in [1.82, 2.24) is 0 Å². The summed E-state index contributed by atoms with van der Waals surface area (Å²) in [6, 6.07) is 12.4. The molecule has 0 aliphatic rings. The molecule has 4 nitrogen and oxygen atoms in total. The van der Waals surface area contributed by atoms with Gasteiger partial charge in [-0.3, -0.25) is 4.79 Å². The largest absolute Gasteiger partial charge is 0.493 e. The highest BCUT2D eigenvalue weighted by Gasteiger charge is 2.08. The van der Waals surface area contributed by atoms with E-state index in [1.807, 2.05) is 6.07 Å². The average Bonchev–Trinajstić information content (AvgIpc) is 2.47. The van der Waals surface area contributed by atoms with Crippen LogP contribution in [0.4, 0.5) is 5.69 Å². The van der Waals surface area contributed by atoms with E-state index < -0.39 is 0 Å². The standard InChI is InChI=1S/C16H16ClNO3/c1-20-14-7-6-11(8-15(14)21-2)9-16(19)18-13-5-3-4-12(17)10-13/h3-8,10H,9H2,1-2H3,(H,18,19). The van der Waals surface area contributed by atoms with Gasteiger partial charge in [-0.2, -0.15) is 0 Å². The molecule has 0 aliphatic heterocycles. The molecule has 110 valence electrons. The van der Waals surface area contributed by atoms with Crippen molar-refractivity contribution in [1.29, 1.82) is 0 Å². The number of carbonyl (C=O) groups is 1. The molecule has 2 aromatic rings. The molecule has 1 amide bonds. The first-order chi connectivity index (χ1) is 10.1. The minimum Gasteiger partial charge on any atom is -0.493 e. The number of amides is 1. The number of methoxy groups -OCH3 is 2. The molecule has 0 aliphatic carbocycles. The Morgan fingerprint density at radius 3 is 2.52 bits per heavy atom. The van der Waals surface area contributed by atoms with Crippen molar-refractivity contribution in [3.63, 3.8) is 0 Å². The van der Waals surface area contributed by atoms with Gasteiger partial charge in [-0.25, -0.2) is 0 Å². The van der Waals surface area contributed by atoms with E-state index in [0.29, 0.717) is 22.2 Å². The lowest BCUT2D eigenvalue weighted by Crippen LogP contribution is -2.14. The van der Waals surface area contributed by atoms with Gasteiger partial charge < -0.3 is 14.8 Å². The number of halogens is 1. The maximum absolute atomic E-state index is 12.0. The Kier molecular flexibility index (Phi) is 5.06. The number of hydrogen-bond donors (Lipinski definition) is 1. The smallest absolute Gasteiger partial charge is 0.228 e. The van der Waals surface area contributed by atoms with Gasteiger partial charge in [0.2, 0.25) is 5.91 Å². The summed E-state index contributed by atoms with van der Waals surface area (Å²) in [6.45, 7) is 0. The molecular weight excluding hydrogens is 290 g/mol. The molecule has 0 saturated heterocycles. The summed E-state index contributed by atoms with van der Waals surface area (Å²) in [6.07, 6.45) is 0.243. The summed E-state index contributed by atoms with van der Waals surface area (Å²) in [7, 11) is 3.14. The number of rotatable bonds is 5. The second-order valence-corrected chi connectivity index (χ2v) is 4.86. The Bertz CT molecular complexity index is 643. The van der Waals surface area contributed by atoms with Crippen molar-refractivity contribution in [3.05, 3.63) is 53.1 Å². The van der Waals surface area contributed by atoms with E-state index in [-0.39, 0.29) is 12.3 Å². The lowest BCUT2D eigenvalue weighted by molar-refractivity contribution is -0.115. The summed E-state index contributed by atoms with van der Waals surface area (Å²) in [5.41, 5.74) is 1.51. The monoisotopic (exact) mass is 305 g/mol. The van der Waals surface area contributed by atoms with Crippen molar-refractivity contribution in [2.24, 2.45) is 0 Å². The van der Waals surface area contributed by atoms with Gasteiger partial charge in [0.1, 0.15) is 0 Å². The normalized spacial score (nSPS) is 10.0. The van der Waals surface area contributed by atoms with E-state index in [0.717, 1.165) is 5.56 Å². The number of benzene rings is 2. The second kappa shape index (κ2) is 6.99. The number of nitrogens with one attached hydrogen (secondary N) is 1. The van der Waals surface area contributed by atoms with Crippen molar-refractivity contribution < 1.29 is 14.3 Å². The van der Waals surface area contributed by atoms with Crippen LogP contribution >= 0.6 is 11.6 Å². The molecule has 0 fully saturated rings. The third-order valence-corrected chi connectivity index (χ3v) is 3.16. The number of hydrogen-bond acceptors (Lipinski definition) is 3. The fourth-order valence-electron chi connectivity index (χ4n) is 1.95. The molecule has 0 aromatic heterocycles. The van der Waals surface area contributed by atoms with E-state index in [1.165, 1.54) is 0 Å². The third-order valence-electron chi connectivity index (χ3n) is 2.92. The molecule has 0 spiro atoms. The fourth-order valence-corrected chi connectivity index (χ4v) is 2.14. The average molecular weight is 306 g/mol. The Morgan fingerprint density at radius 2 is 1.86 bits per heavy atom. The van der Waals surface area contributed by atoms with Crippen molar-refractivity contribution in [2.45, 2.75) is 6.42 Å². The molecule has 0 heterocycles. The predicted octanol–water partition coefficient (Wildman–Crippen LogP) is 3.54. The predicted molar refractivity (Wildman–Crippen MR) is 83.3 cm³/mol. The molecule has 0 radical (unpaired) electrons. The Morgan fingerprint density at radius 1 is 1.10 bits per heavy atom. The first kappa shape index (κ1) is 15.2. The number of anilines is 1. The van der Waals surface area contributed by atoms with Crippen LogP contribution in [-0.2, 0) is 11.2 Å². The lowest BCUT2D eigenvalue weighted by Gasteiger charge is -2.10. The van der Waals surface area contributed by atoms with Crippen LogP contribution in [-0.4, -0.2) is 20.1 Å². The Hall–Kier alpha value is -2.20. The molecule has 2 aromatic carbocycles. The van der Waals surface area contributed by atoms with Crippen molar-refractivity contribution in [3.8, 4) is 11.5 Å². The van der Waals surface area contributed by atoms with Crippen LogP contribution in [0.5, 0.6) is 11.5 Å². The molecule has 2 rings (SSSR count). The van der Waals surface area contributed by atoms with Gasteiger partial charge in [0.25, 0.3) is 0 Å². The van der Waals surface area contributed by atoms with E-state index >= 15 is 0 Å². The fraction of sp³-hybridized carbons (Fsp3) is 0.188. The topological polar surface area (TPSA) is 47.6 Å². The van der Waals surface area contributed by atoms with Crippen LogP contribution in [0.15, 0.2) is 42.5 Å². The SMILES string of the molecule is COc1ccc(CC(=O)Nc2cccc(Cl)c2)cc1OC.